The summed E-state index contributed by atoms with van der Waals surface area (Å²) in [4.78, 5) is 0. The van der Waals surface area contributed by atoms with Crippen LogP contribution in [-0.2, 0) is 13.1 Å². The highest BCUT2D eigenvalue weighted by Gasteiger charge is 2.14. The Morgan fingerprint density at radius 1 is 0.594 bits per heavy atom. The van der Waals surface area contributed by atoms with E-state index in [2.05, 4.69) is 115 Å². The maximum Gasteiger partial charge on any atom is 0.104 e. The third-order valence-electron chi connectivity index (χ3n) is 4.99. The Balaban J connectivity index is 2.15. The minimum Gasteiger partial charge on any atom is -0.327 e. The van der Waals surface area contributed by atoms with Crippen LogP contribution in [0.4, 0.5) is 0 Å². The number of nitrogens with zero attached hydrogens (tertiary/aromatic N) is 2. The van der Waals surface area contributed by atoms with Crippen LogP contribution in [0.3, 0.4) is 0 Å². The van der Waals surface area contributed by atoms with Gasteiger partial charge in [-0.25, -0.2) is 0 Å². The molecular weight excluding hydrogens is 388 g/mol. The van der Waals surface area contributed by atoms with E-state index in [0.717, 1.165) is 45.2 Å². The molecule has 0 aromatic heterocycles. The molecule has 0 heterocycles. The average Bonchev–Trinajstić information content (AvgIpc) is 2.67. The van der Waals surface area contributed by atoms with Crippen molar-refractivity contribution in [1.29, 1.82) is 0 Å². The zero-order chi connectivity index (χ0) is 23.6. The standard InChI is InChI=1S/C30H42N2/c1-8-9-10-11-12-13-14-26-15-17-27(18-16-26)19-20-28-21-29(24-31(2,3)4)23-30(22-28)25-32(5,6)7/h15-18,21-23H,8-12,24-25H2,1-7H3/q+2. The molecule has 0 atom stereocenters. The van der Waals surface area contributed by atoms with Gasteiger partial charge >= 0.3 is 0 Å². The highest BCUT2D eigenvalue weighted by atomic mass is 15.3. The van der Waals surface area contributed by atoms with Gasteiger partial charge in [-0.1, -0.05) is 49.9 Å². The van der Waals surface area contributed by atoms with Gasteiger partial charge in [0.1, 0.15) is 13.1 Å². The first-order valence-corrected chi connectivity index (χ1v) is 11.9. The molecule has 2 heteroatoms. The van der Waals surface area contributed by atoms with Crippen LogP contribution < -0.4 is 0 Å². The van der Waals surface area contributed by atoms with E-state index in [9.17, 15) is 0 Å². The fourth-order valence-electron chi connectivity index (χ4n) is 3.70. The molecule has 0 aliphatic carbocycles. The summed E-state index contributed by atoms with van der Waals surface area (Å²) >= 11 is 0. The molecule has 0 N–H and O–H groups in total. The van der Waals surface area contributed by atoms with Crippen LogP contribution in [0.15, 0.2) is 42.5 Å². The van der Waals surface area contributed by atoms with Gasteiger partial charge in [0.15, 0.2) is 0 Å². The molecule has 32 heavy (non-hydrogen) atoms. The van der Waals surface area contributed by atoms with E-state index in [0.29, 0.717) is 0 Å². The minimum absolute atomic E-state index is 0.905. The van der Waals surface area contributed by atoms with Crippen LogP contribution in [0.2, 0.25) is 0 Å². The first kappa shape index (κ1) is 25.7. The second kappa shape index (κ2) is 11.9. The summed E-state index contributed by atoms with van der Waals surface area (Å²) in [5.41, 5.74) is 5.88. The quantitative estimate of drug-likeness (QED) is 0.281. The minimum atomic E-state index is 0.905. The molecule has 0 bridgehead atoms. The molecule has 2 aromatic carbocycles. The zero-order valence-electron chi connectivity index (χ0n) is 21.4. The van der Waals surface area contributed by atoms with Crippen molar-refractivity contribution >= 4 is 0 Å². The first-order valence-electron chi connectivity index (χ1n) is 11.9. The topological polar surface area (TPSA) is 0 Å². The third kappa shape index (κ3) is 10.7. The van der Waals surface area contributed by atoms with Crippen molar-refractivity contribution in [1.82, 2.24) is 0 Å². The first-order chi connectivity index (χ1) is 15.0. The number of rotatable bonds is 8. The second-order valence-electron chi connectivity index (χ2n) is 10.9. The van der Waals surface area contributed by atoms with Gasteiger partial charge in [-0.3, -0.25) is 0 Å². The maximum absolute atomic E-state index is 3.40. The van der Waals surface area contributed by atoms with E-state index in [1.807, 2.05) is 0 Å². The lowest BCUT2D eigenvalue weighted by Gasteiger charge is -2.26. The lowest BCUT2D eigenvalue weighted by atomic mass is 10.0. The molecule has 0 unspecified atom stereocenters. The van der Waals surface area contributed by atoms with Crippen molar-refractivity contribution < 1.29 is 8.97 Å². The van der Waals surface area contributed by atoms with Crippen molar-refractivity contribution in [3.05, 3.63) is 70.3 Å². The van der Waals surface area contributed by atoms with Crippen LogP contribution in [0.5, 0.6) is 0 Å². The van der Waals surface area contributed by atoms with Gasteiger partial charge in [-0.05, 0) is 48.9 Å². The molecule has 2 rings (SSSR count). The fraction of sp³-hybridized carbons (Fsp3) is 0.467. The SMILES string of the molecule is CCCCCCC#Cc1ccc(C#Cc2cc(C[N+](C)(C)C)cc(C[N+](C)(C)C)c2)cc1. The Morgan fingerprint density at radius 3 is 1.59 bits per heavy atom. The number of benzene rings is 2. The highest BCUT2D eigenvalue weighted by molar-refractivity contribution is 5.47. The predicted molar refractivity (Wildman–Crippen MR) is 138 cm³/mol. The Bertz CT molecular complexity index is 944. The summed E-state index contributed by atoms with van der Waals surface area (Å²) in [6.07, 6.45) is 6.05. The van der Waals surface area contributed by atoms with Gasteiger partial charge in [0.2, 0.25) is 0 Å². The molecule has 0 radical (unpaired) electrons. The van der Waals surface area contributed by atoms with Crippen molar-refractivity contribution in [3.63, 3.8) is 0 Å². The predicted octanol–water partition coefficient (Wildman–Crippen LogP) is 5.82. The second-order valence-corrected chi connectivity index (χ2v) is 10.9. The van der Waals surface area contributed by atoms with Crippen LogP contribution in [0.1, 0.15) is 66.8 Å². The number of quaternary nitrogens is 2. The molecule has 0 aliphatic heterocycles. The fourth-order valence-corrected chi connectivity index (χ4v) is 3.70. The lowest BCUT2D eigenvalue weighted by molar-refractivity contribution is -0.884. The van der Waals surface area contributed by atoms with Gasteiger partial charge in [0, 0.05) is 34.2 Å². The summed E-state index contributed by atoms with van der Waals surface area (Å²) in [5, 5.41) is 0. The number of unbranched alkanes of at least 4 members (excludes halogenated alkanes) is 4. The summed E-state index contributed by atoms with van der Waals surface area (Å²) in [6.45, 7) is 4.22. The van der Waals surface area contributed by atoms with Crippen LogP contribution >= 0.6 is 0 Å². The zero-order valence-corrected chi connectivity index (χ0v) is 21.4. The molecule has 2 nitrogen and oxygen atoms in total. The van der Waals surface area contributed by atoms with Crippen molar-refractivity contribution in [2.75, 3.05) is 42.3 Å². The molecule has 0 fully saturated rings. The van der Waals surface area contributed by atoms with Crippen LogP contribution in [-0.4, -0.2) is 51.3 Å². The largest absolute Gasteiger partial charge is 0.327 e. The summed E-state index contributed by atoms with van der Waals surface area (Å²) in [6, 6.07) is 15.2. The average molecular weight is 431 g/mol. The Morgan fingerprint density at radius 2 is 1.09 bits per heavy atom. The van der Waals surface area contributed by atoms with Gasteiger partial charge in [0.25, 0.3) is 0 Å². The van der Waals surface area contributed by atoms with Gasteiger partial charge < -0.3 is 8.97 Å². The molecule has 2 aromatic rings. The van der Waals surface area contributed by atoms with Crippen LogP contribution in [0.25, 0.3) is 0 Å². The van der Waals surface area contributed by atoms with Gasteiger partial charge in [0.05, 0.1) is 42.3 Å². The normalized spacial score (nSPS) is 11.3. The monoisotopic (exact) mass is 430 g/mol. The van der Waals surface area contributed by atoms with E-state index in [1.54, 1.807) is 0 Å². The third-order valence-corrected chi connectivity index (χ3v) is 4.99. The summed E-state index contributed by atoms with van der Waals surface area (Å²) in [5.74, 6) is 13.3. The van der Waals surface area contributed by atoms with E-state index in [-0.39, 0.29) is 0 Å². The molecule has 0 saturated carbocycles. The molecule has 170 valence electrons. The molecule has 0 aliphatic rings. The summed E-state index contributed by atoms with van der Waals surface area (Å²) in [7, 11) is 13.4. The van der Waals surface area contributed by atoms with Crippen molar-refractivity contribution in [3.8, 4) is 23.7 Å². The van der Waals surface area contributed by atoms with Crippen LogP contribution in [0, 0.1) is 23.7 Å². The smallest absolute Gasteiger partial charge is 0.104 e. The van der Waals surface area contributed by atoms with E-state index < -0.39 is 0 Å². The van der Waals surface area contributed by atoms with E-state index >= 15 is 0 Å². The number of hydrogen-bond donors (Lipinski definition) is 0. The Kier molecular flexibility index (Phi) is 9.59. The molecule has 0 spiro atoms. The molecule has 0 saturated heterocycles. The number of hydrogen-bond acceptors (Lipinski definition) is 0. The Labute approximate surface area is 197 Å². The maximum atomic E-state index is 3.40. The van der Waals surface area contributed by atoms with Gasteiger partial charge in [-0.15, -0.1) is 0 Å². The molecule has 0 amide bonds. The Hall–Kier alpha value is -2.52. The highest BCUT2D eigenvalue weighted by Crippen LogP contribution is 2.16. The van der Waals surface area contributed by atoms with Gasteiger partial charge in [-0.2, -0.15) is 0 Å². The summed E-state index contributed by atoms with van der Waals surface area (Å²) < 4.78 is 1.81. The lowest BCUT2D eigenvalue weighted by Crippen LogP contribution is -2.34. The van der Waals surface area contributed by atoms with E-state index in [4.69, 9.17) is 0 Å². The molecular formula is C30H42N2+2. The van der Waals surface area contributed by atoms with Crippen molar-refractivity contribution in [2.45, 2.75) is 52.1 Å². The van der Waals surface area contributed by atoms with Crippen molar-refractivity contribution in [2.24, 2.45) is 0 Å². The van der Waals surface area contributed by atoms with E-state index in [1.165, 1.54) is 36.8 Å².